The van der Waals surface area contributed by atoms with Gasteiger partial charge >= 0.3 is 5.97 Å². The van der Waals surface area contributed by atoms with E-state index in [1.165, 1.54) is 31.3 Å². The number of carbonyl (C=O) groups is 1. The number of aliphatic carboxylic acids is 1. The molecule has 4 rings (SSSR count). The van der Waals surface area contributed by atoms with Gasteiger partial charge in [0.2, 0.25) is 0 Å². The van der Waals surface area contributed by atoms with Crippen molar-refractivity contribution >= 4 is 57.3 Å². The van der Waals surface area contributed by atoms with Crippen molar-refractivity contribution in [3.63, 3.8) is 0 Å². The highest BCUT2D eigenvalue weighted by molar-refractivity contribution is 6.38. The second kappa shape index (κ2) is 14.0. The quantitative estimate of drug-likeness (QED) is 0.155. The van der Waals surface area contributed by atoms with Crippen molar-refractivity contribution in [3.05, 3.63) is 111 Å². The van der Waals surface area contributed by atoms with Crippen molar-refractivity contribution in [2.45, 2.75) is 27.2 Å². The Kier molecular flexibility index (Phi) is 10.7. The van der Waals surface area contributed by atoms with E-state index < -0.39 is 11.8 Å². The third-order valence-electron chi connectivity index (χ3n) is 6.00. The van der Waals surface area contributed by atoms with Gasteiger partial charge in [-0.25, -0.2) is 9.18 Å². The number of fused-ring (bicyclic) bond motifs is 1. The van der Waals surface area contributed by atoms with Gasteiger partial charge in [-0.1, -0.05) is 78.7 Å². The molecule has 38 heavy (non-hydrogen) atoms. The number of para-hydroxylation sites is 1. The number of H-pyrrole nitrogens is 1. The van der Waals surface area contributed by atoms with Gasteiger partial charge in [-0.15, -0.1) is 0 Å². The normalized spacial score (nSPS) is 11.8. The predicted octanol–water partition coefficient (Wildman–Crippen LogP) is 7.67. The maximum absolute atomic E-state index is 13.8. The van der Waals surface area contributed by atoms with Crippen molar-refractivity contribution in [2.24, 2.45) is 0 Å². The Morgan fingerprint density at radius 2 is 1.68 bits per heavy atom. The number of aromatic amines is 1. The summed E-state index contributed by atoms with van der Waals surface area (Å²) in [5, 5.41) is 12.9. The summed E-state index contributed by atoms with van der Waals surface area (Å²) in [5.41, 5.74) is 5.73. The largest absolute Gasteiger partial charge is 0.478 e. The van der Waals surface area contributed by atoms with Crippen LogP contribution in [0.25, 0.3) is 28.1 Å². The molecule has 0 unspecified atom stereocenters. The molecule has 0 saturated carbocycles. The van der Waals surface area contributed by atoms with E-state index in [2.05, 4.69) is 24.1 Å². The molecule has 198 valence electrons. The molecule has 4 nitrogen and oxygen atoms in total. The Hall–Kier alpha value is -3.38. The first-order valence-corrected chi connectivity index (χ1v) is 13.3. The van der Waals surface area contributed by atoms with Crippen LogP contribution in [0.3, 0.4) is 0 Å². The highest BCUT2D eigenvalue weighted by atomic mass is 35.5. The number of carboxylic acids is 1. The minimum atomic E-state index is -1.01. The molecular weight excluding hydrogens is 522 g/mol. The van der Waals surface area contributed by atoms with E-state index in [1.807, 2.05) is 55.5 Å². The van der Waals surface area contributed by atoms with Crippen molar-refractivity contribution in [1.29, 1.82) is 0 Å². The van der Waals surface area contributed by atoms with E-state index in [4.69, 9.17) is 28.3 Å². The van der Waals surface area contributed by atoms with E-state index in [1.54, 1.807) is 6.07 Å². The topological polar surface area (TPSA) is 69.7 Å². The van der Waals surface area contributed by atoms with Gasteiger partial charge in [0, 0.05) is 22.6 Å². The molecule has 0 radical (unpaired) electrons. The van der Waals surface area contributed by atoms with Gasteiger partial charge in [0.15, 0.2) is 0 Å². The van der Waals surface area contributed by atoms with E-state index in [0.29, 0.717) is 16.5 Å². The third-order valence-corrected chi connectivity index (χ3v) is 6.70. The molecule has 0 atom stereocenters. The number of aromatic nitrogens is 1. The summed E-state index contributed by atoms with van der Waals surface area (Å²) in [4.78, 5) is 14.3. The summed E-state index contributed by atoms with van der Waals surface area (Å²) >= 11 is 13.3. The highest BCUT2D eigenvalue weighted by Crippen LogP contribution is 2.41. The maximum Gasteiger partial charge on any atom is 0.328 e. The molecule has 0 aliphatic rings. The molecule has 7 heteroatoms. The van der Waals surface area contributed by atoms with Gasteiger partial charge in [-0.3, -0.25) is 0 Å². The first-order valence-electron chi connectivity index (χ1n) is 12.6. The van der Waals surface area contributed by atoms with E-state index in [9.17, 15) is 9.18 Å². The van der Waals surface area contributed by atoms with Gasteiger partial charge in [0.1, 0.15) is 5.82 Å². The van der Waals surface area contributed by atoms with Crippen LogP contribution in [0.1, 0.15) is 49.6 Å². The van der Waals surface area contributed by atoms with Crippen LogP contribution < -0.4 is 5.32 Å². The number of benzene rings is 3. The average molecular weight is 555 g/mol. The second-order valence-electron chi connectivity index (χ2n) is 8.59. The molecule has 4 N–H and O–H groups in total. The predicted molar refractivity (Wildman–Crippen MR) is 157 cm³/mol. The molecule has 1 heterocycles. The molecule has 0 aliphatic carbocycles. The van der Waals surface area contributed by atoms with Gasteiger partial charge in [0.25, 0.3) is 0 Å². The summed E-state index contributed by atoms with van der Waals surface area (Å²) in [6.45, 7) is 8.76. The van der Waals surface area contributed by atoms with Crippen molar-refractivity contribution in [3.8, 4) is 0 Å². The van der Waals surface area contributed by atoms with Crippen LogP contribution in [0.2, 0.25) is 10.0 Å². The maximum atomic E-state index is 13.8. The molecule has 0 saturated heterocycles. The van der Waals surface area contributed by atoms with Crippen molar-refractivity contribution < 1.29 is 19.6 Å². The Morgan fingerprint density at radius 3 is 2.24 bits per heavy atom. The van der Waals surface area contributed by atoms with E-state index in [0.717, 1.165) is 50.5 Å². The fourth-order valence-electron chi connectivity index (χ4n) is 4.20. The van der Waals surface area contributed by atoms with Crippen LogP contribution in [0.5, 0.6) is 0 Å². The Labute approximate surface area is 232 Å². The Bertz CT molecular complexity index is 1450. The Morgan fingerprint density at radius 1 is 1.00 bits per heavy atom. The molecule has 0 fully saturated rings. The monoisotopic (exact) mass is 553 g/mol. The summed E-state index contributed by atoms with van der Waals surface area (Å²) in [5.74, 6) is -1.41. The number of hydrogen-bond acceptors (Lipinski definition) is 1. The first-order chi connectivity index (χ1) is 18.3. The number of allylic oxidation sites excluding steroid dienone is 1. The lowest BCUT2D eigenvalue weighted by Gasteiger charge is -2.17. The average Bonchev–Trinajstić information content (AvgIpc) is 3.23. The van der Waals surface area contributed by atoms with Crippen LogP contribution in [0, 0.1) is 5.82 Å². The second-order valence-corrected chi connectivity index (χ2v) is 9.37. The first kappa shape index (κ1) is 29.2. The molecule has 4 aromatic rings. The lowest BCUT2D eigenvalue weighted by Crippen LogP contribution is -2.82. The van der Waals surface area contributed by atoms with E-state index >= 15 is 0 Å². The summed E-state index contributed by atoms with van der Waals surface area (Å²) in [6.07, 6.45) is 3.24. The molecule has 1 aromatic heterocycles. The molecule has 0 amide bonds. The van der Waals surface area contributed by atoms with E-state index in [-0.39, 0.29) is 0 Å². The number of nitrogens with two attached hydrogens (primary N) is 1. The van der Waals surface area contributed by atoms with Crippen LogP contribution >= 0.6 is 23.2 Å². The number of carboxylic acid groups (broad SMARTS) is 1. The fourth-order valence-corrected chi connectivity index (χ4v) is 4.79. The molecule has 0 spiro atoms. The van der Waals surface area contributed by atoms with Gasteiger partial charge in [-0.05, 0) is 66.8 Å². The Balaban J connectivity index is 0.000000732. The SMILES string of the molecule is CC/C(=C(/c1ccc(/C=C/C(=O)O)cc1)c1[nH]c2ccccc2c1Cl)c1ccc(F)cc1Cl.CC[NH2+]CC. The highest BCUT2D eigenvalue weighted by Gasteiger charge is 2.20. The smallest absolute Gasteiger partial charge is 0.328 e. The minimum absolute atomic E-state index is 0.317. The van der Waals surface area contributed by atoms with Crippen LogP contribution in [0.4, 0.5) is 4.39 Å². The zero-order valence-electron chi connectivity index (χ0n) is 21.7. The van der Waals surface area contributed by atoms with Crippen LogP contribution in [-0.4, -0.2) is 29.1 Å². The number of rotatable bonds is 8. The zero-order chi connectivity index (χ0) is 27.7. The summed E-state index contributed by atoms with van der Waals surface area (Å²) in [7, 11) is 0. The van der Waals surface area contributed by atoms with Crippen molar-refractivity contribution in [2.75, 3.05) is 13.1 Å². The molecule has 0 bridgehead atoms. The van der Waals surface area contributed by atoms with Crippen molar-refractivity contribution in [1.82, 2.24) is 4.98 Å². The summed E-state index contributed by atoms with van der Waals surface area (Å²) < 4.78 is 13.8. The molecule has 3 aromatic carbocycles. The lowest BCUT2D eigenvalue weighted by molar-refractivity contribution is -0.648. The van der Waals surface area contributed by atoms with Gasteiger partial charge < -0.3 is 15.4 Å². The molecule has 0 aliphatic heterocycles. The third kappa shape index (κ3) is 7.13. The number of hydrogen-bond donors (Lipinski definition) is 3. The number of quaternary nitrogens is 1. The van der Waals surface area contributed by atoms with Crippen LogP contribution in [-0.2, 0) is 4.79 Å². The number of halogens is 3. The minimum Gasteiger partial charge on any atom is -0.478 e. The standard InChI is InChI=1S/C27H20Cl2FNO2.C4H11N/c1-2-19(20-13-12-18(30)15-22(20)28)25(17-10-7-16(8-11-17)9-14-24(32)33)27-26(29)21-5-3-4-6-23(21)31-27;1-3-5-4-2/h3-15,31H,2H2,1H3,(H,32,33);5H,3-4H2,1-2H3/p+1/b14-9+,25-19+;. The van der Waals surface area contributed by atoms with Gasteiger partial charge in [0.05, 0.1) is 28.8 Å². The molecular formula is C31H32Cl2FN2O2+. The number of nitrogens with one attached hydrogen (secondary N) is 1. The lowest BCUT2D eigenvalue weighted by atomic mass is 9.90. The zero-order valence-corrected chi connectivity index (χ0v) is 23.2. The van der Waals surface area contributed by atoms with Gasteiger partial charge in [-0.2, -0.15) is 0 Å². The summed E-state index contributed by atoms with van der Waals surface area (Å²) in [6, 6.07) is 19.6. The fraction of sp³-hybridized carbons (Fsp3) is 0.194. The van der Waals surface area contributed by atoms with Crippen LogP contribution in [0.15, 0.2) is 72.8 Å².